The first-order chi connectivity index (χ1) is 8.76. The Bertz CT molecular complexity index is 399. The standard InChI is InChI=1S/C12H21N5O/c1-9(7-13)6-11-14-12(15-18-11)10-8-16-2-4-17(10)5-3-16/h9-10H,2-8,13H2,1H3. The van der Waals surface area contributed by atoms with Crippen molar-refractivity contribution in [2.24, 2.45) is 11.7 Å². The van der Waals surface area contributed by atoms with E-state index in [1.165, 1.54) is 13.1 Å². The van der Waals surface area contributed by atoms with Crippen molar-refractivity contribution in [3.8, 4) is 0 Å². The van der Waals surface area contributed by atoms with Gasteiger partial charge in [0.2, 0.25) is 5.89 Å². The summed E-state index contributed by atoms with van der Waals surface area (Å²) in [7, 11) is 0. The van der Waals surface area contributed by atoms with Gasteiger partial charge in [-0.3, -0.25) is 9.80 Å². The normalized spacial score (nSPS) is 32.7. The fourth-order valence-corrected chi connectivity index (χ4v) is 2.73. The summed E-state index contributed by atoms with van der Waals surface area (Å²) in [4.78, 5) is 9.47. The van der Waals surface area contributed by atoms with Crippen LogP contribution in [0.25, 0.3) is 0 Å². The van der Waals surface area contributed by atoms with Crippen molar-refractivity contribution in [3.63, 3.8) is 0 Å². The van der Waals surface area contributed by atoms with Crippen molar-refractivity contribution in [2.45, 2.75) is 19.4 Å². The molecule has 3 aliphatic heterocycles. The number of nitrogens with zero attached hydrogens (tertiary/aromatic N) is 4. The highest BCUT2D eigenvalue weighted by molar-refractivity contribution is 5.01. The third kappa shape index (κ3) is 2.28. The van der Waals surface area contributed by atoms with Crippen LogP contribution in [0.2, 0.25) is 0 Å². The highest BCUT2D eigenvalue weighted by atomic mass is 16.5. The third-order valence-corrected chi connectivity index (χ3v) is 3.99. The van der Waals surface area contributed by atoms with Crippen LogP contribution in [-0.4, -0.2) is 59.2 Å². The summed E-state index contributed by atoms with van der Waals surface area (Å²) in [5.74, 6) is 1.96. The first-order valence-corrected chi connectivity index (χ1v) is 6.75. The Balaban J connectivity index is 1.69. The van der Waals surface area contributed by atoms with Crippen LogP contribution in [0.5, 0.6) is 0 Å². The molecule has 6 nitrogen and oxygen atoms in total. The highest BCUT2D eigenvalue weighted by Crippen LogP contribution is 2.26. The monoisotopic (exact) mass is 251 g/mol. The molecular weight excluding hydrogens is 230 g/mol. The van der Waals surface area contributed by atoms with E-state index in [0.717, 1.165) is 37.8 Å². The molecule has 2 N–H and O–H groups in total. The van der Waals surface area contributed by atoms with Crippen molar-refractivity contribution in [1.29, 1.82) is 0 Å². The smallest absolute Gasteiger partial charge is 0.227 e. The second-order valence-corrected chi connectivity index (χ2v) is 5.44. The minimum Gasteiger partial charge on any atom is -0.339 e. The number of rotatable bonds is 4. The van der Waals surface area contributed by atoms with Gasteiger partial charge in [-0.1, -0.05) is 12.1 Å². The molecule has 6 heteroatoms. The fourth-order valence-electron chi connectivity index (χ4n) is 2.73. The van der Waals surface area contributed by atoms with Gasteiger partial charge in [0, 0.05) is 39.1 Å². The van der Waals surface area contributed by atoms with Crippen LogP contribution in [-0.2, 0) is 6.42 Å². The average molecular weight is 251 g/mol. The number of fused-ring (bicyclic) bond motifs is 3. The quantitative estimate of drug-likeness (QED) is 0.804. The third-order valence-electron chi connectivity index (χ3n) is 3.99. The van der Waals surface area contributed by atoms with Crippen molar-refractivity contribution < 1.29 is 4.52 Å². The Morgan fingerprint density at radius 3 is 2.78 bits per heavy atom. The Hall–Kier alpha value is -0.980. The molecule has 0 saturated carbocycles. The van der Waals surface area contributed by atoms with Crippen LogP contribution in [0, 0.1) is 5.92 Å². The molecule has 2 unspecified atom stereocenters. The van der Waals surface area contributed by atoms with Crippen molar-refractivity contribution in [1.82, 2.24) is 19.9 Å². The largest absolute Gasteiger partial charge is 0.339 e. The van der Waals surface area contributed by atoms with Crippen LogP contribution >= 0.6 is 0 Å². The first-order valence-electron chi connectivity index (χ1n) is 6.75. The zero-order valence-corrected chi connectivity index (χ0v) is 10.9. The van der Waals surface area contributed by atoms with Crippen LogP contribution in [0.1, 0.15) is 24.7 Å². The zero-order chi connectivity index (χ0) is 12.5. The summed E-state index contributed by atoms with van der Waals surface area (Å²) < 4.78 is 5.34. The number of nitrogens with two attached hydrogens (primary N) is 1. The van der Waals surface area contributed by atoms with E-state index in [-0.39, 0.29) is 0 Å². The minimum atomic E-state index is 0.318. The Morgan fingerprint density at radius 2 is 2.17 bits per heavy atom. The molecule has 1 aromatic rings. The van der Waals surface area contributed by atoms with Crippen LogP contribution in [0.4, 0.5) is 0 Å². The lowest BCUT2D eigenvalue weighted by atomic mass is 10.1. The van der Waals surface area contributed by atoms with Gasteiger partial charge in [0.15, 0.2) is 5.82 Å². The summed E-state index contributed by atoms with van der Waals surface area (Å²) in [6.45, 7) is 8.37. The molecule has 3 saturated heterocycles. The number of piperazine rings is 3. The fraction of sp³-hybridized carbons (Fsp3) is 0.833. The lowest BCUT2D eigenvalue weighted by Crippen LogP contribution is -2.57. The van der Waals surface area contributed by atoms with Gasteiger partial charge in [-0.05, 0) is 12.5 Å². The lowest BCUT2D eigenvalue weighted by molar-refractivity contribution is 0.00781. The molecule has 0 aromatic carbocycles. The van der Waals surface area contributed by atoms with E-state index >= 15 is 0 Å². The van der Waals surface area contributed by atoms with Gasteiger partial charge >= 0.3 is 0 Å². The maximum Gasteiger partial charge on any atom is 0.227 e. The summed E-state index contributed by atoms with van der Waals surface area (Å²) in [5.41, 5.74) is 5.61. The van der Waals surface area contributed by atoms with Gasteiger partial charge in [0.25, 0.3) is 0 Å². The van der Waals surface area contributed by atoms with Gasteiger partial charge in [-0.15, -0.1) is 0 Å². The van der Waals surface area contributed by atoms with Crippen molar-refractivity contribution in [3.05, 3.63) is 11.7 Å². The molecule has 18 heavy (non-hydrogen) atoms. The average Bonchev–Trinajstić information content (AvgIpc) is 2.88. The predicted octanol–water partition coefficient (Wildman–Crippen LogP) is -0.121. The van der Waals surface area contributed by atoms with Crippen molar-refractivity contribution >= 4 is 0 Å². The molecule has 1 aromatic heterocycles. The maximum absolute atomic E-state index is 5.61. The zero-order valence-electron chi connectivity index (χ0n) is 10.9. The van der Waals surface area contributed by atoms with Crippen LogP contribution < -0.4 is 5.73 Å². The van der Waals surface area contributed by atoms with Gasteiger partial charge < -0.3 is 10.3 Å². The summed E-state index contributed by atoms with van der Waals surface area (Å²) in [6, 6.07) is 0.318. The molecule has 4 rings (SSSR count). The molecular formula is C12H21N5O. The Kier molecular flexibility index (Phi) is 3.32. The molecule has 0 amide bonds. The molecule has 0 radical (unpaired) electrons. The summed E-state index contributed by atoms with van der Waals surface area (Å²) in [6.07, 6.45) is 0.778. The van der Waals surface area contributed by atoms with E-state index in [4.69, 9.17) is 10.3 Å². The molecule has 0 spiro atoms. The second-order valence-electron chi connectivity index (χ2n) is 5.44. The van der Waals surface area contributed by atoms with Crippen LogP contribution in [0.15, 0.2) is 4.52 Å². The first kappa shape index (κ1) is 12.1. The molecule has 100 valence electrons. The van der Waals surface area contributed by atoms with Gasteiger partial charge in [-0.25, -0.2) is 0 Å². The van der Waals surface area contributed by atoms with E-state index in [2.05, 4.69) is 26.9 Å². The van der Waals surface area contributed by atoms with Gasteiger partial charge in [-0.2, -0.15) is 4.98 Å². The van der Waals surface area contributed by atoms with E-state index < -0.39 is 0 Å². The van der Waals surface area contributed by atoms with E-state index in [9.17, 15) is 0 Å². The van der Waals surface area contributed by atoms with E-state index in [1.807, 2.05) is 0 Å². The molecule has 2 bridgehead atoms. The minimum absolute atomic E-state index is 0.318. The summed E-state index contributed by atoms with van der Waals surface area (Å²) in [5, 5.41) is 4.15. The molecule has 4 heterocycles. The summed E-state index contributed by atoms with van der Waals surface area (Å²) >= 11 is 0. The second kappa shape index (κ2) is 4.95. The van der Waals surface area contributed by atoms with Gasteiger partial charge in [0.1, 0.15) is 0 Å². The number of hydrogen-bond donors (Lipinski definition) is 1. The topological polar surface area (TPSA) is 71.4 Å². The van der Waals surface area contributed by atoms with Crippen molar-refractivity contribution in [2.75, 3.05) is 39.3 Å². The van der Waals surface area contributed by atoms with E-state index in [1.54, 1.807) is 0 Å². The van der Waals surface area contributed by atoms with Gasteiger partial charge in [0.05, 0.1) is 6.04 Å². The Morgan fingerprint density at radius 1 is 1.39 bits per heavy atom. The molecule has 3 fully saturated rings. The molecule has 3 aliphatic rings. The van der Waals surface area contributed by atoms with Crippen LogP contribution in [0.3, 0.4) is 0 Å². The molecule has 0 aliphatic carbocycles. The number of aromatic nitrogens is 2. The van der Waals surface area contributed by atoms with E-state index in [0.29, 0.717) is 18.5 Å². The molecule has 2 atom stereocenters. The SMILES string of the molecule is CC(CN)Cc1nc(C2CN3CCN2CC3)no1. The lowest BCUT2D eigenvalue weighted by Gasteiger charge is -2.46. The highest BCUT2D eigenvalue weighted by Gasteiger charge is 2.35. The number of hydrogen-bond acceptors (Lipinski definition) is 6. The maximum atomic E-state index is 5.61. The predicted molar refractivity (Wildman–Crippen MR) is 67.0 cm³/mol. The Labute approximate surface area is 107 Å².